The number of likely N-dealkylation sites (tertiary alicyclic amines) is 1. The van der Waals surface area contributed by atoms with Gasteiger partial charge in [0.15, 0.2) is 0 Å². The summed E-state index contributed by atoms with van der Waals surface area (Å²) in [5.74, 6) is -1.32. The fourth-order valence-electron chi connectivity index (χ4n) is 7.80. The largest absolute Gasteiger partial charge is 0.494 e. The maximum Gasteiger partial charge on any atom is 0.246 e. The molecule has 0 aromatic heterocycles. The maximum absolute atomic E-state index is 14.2. The van der Waals surface area contributed by atoms with Crippen LogP contribution in [-0.4, -0.2) is 70.8 Å². The molecule has 1 aromatic carbocycles. The second-order valence-electron chi connectivity index (χ2n) is 12.3. The number of unbranched alkanes of at least 4 members (excludes halogenated alkanes) is 2. The SMILES string of the molecule is CCOc1ccc(NC(=O)[C@@H]2[C@H]3C(=O)N(CCCCCO)C(C(=O)NC4CCCCC4)C34CC(C)[C@@]2(C)O4)cc1. The van der Waals surface area contributed by atoms with Crippen molar-refractivity contribution in [3.63, 3.8) is 0 Å². The second kappa shape index (κ2) is 11.7. The van der Waals surface area contributed by atoms with Gasteiger partial charge in [0.25, 0.3) is 0 Å². The third-order valence-electron chi connectivity index (χ3n) is 9.79. The van der Waals surface area contributed by atoms with E-state index in [0.29, 0.717) is 38.1 Å². The highest BCUT2D eigenvalue weighted by Gasteiger charge is 2.79. The lowest BCUT2D eigenvalue weighted by Gasteiger charge is -2.36. The van der Waals surface area contributed by atoms with Gasteiger partial charge in [-0.25, -0.2) is 0 Å². The van der Waals surface area contributed by atoms with Crippen LogP contribution in [0.5, 0.6) is 5.75 Å². The Morgan fingerprint density at radius 1 is 1.10 bits per heavy atom. The summed E-state index contributed by atoms with van der Waals surface area (Å²) in [5, 5.41) is 15.5. The van der Waals surface area contributed by atoms with Crippen LogP contribution in [-0.2, 0) is 19.1 Å². The summed E-state index contributed by atoms with van der Waals surface area (Å²) in [4.78, 5) is 43.8. The molecule has 0 radical (unpaired) electrons. The van der Waals surface area contributed by atoms with E-state index in [4.69, 9.17) is 9.47 Å². The van der Waals surface area contributed by atoms with Gasteiger partial charge in [-0.1, -0.05) is 26.2 Å². The third-order valence-corrected chi connectivity index (χ3v) is 9.79. The molecule has 40 heavy (non-hydrogen) atoms. The molecule has 3 unspecified atom stereocenters. The van der Waals surface area contributed by atoms with E-state index in [1.807, 2.05) is 26.0 Å². The first-order chi connectivity index (χ1) is 19.2. The van der Waals surface area contributed by atoms with Crippen molar-refractivity contribution < 1.29 is 29.0 Å². The fraction of sp³-hybridized carbons (Fsp3) is 0.710. The van der Waals surface area contributed by atoms with Crippen LogP contribution in [0.3, 0.4) is 0 Å². The van der Waals surface area contributed by atoms with E-state index in [1.54, 1.807) is 17.0 Å². The van der Waals surface area contributed by atoms with Gasteiger partial charge >= 0.3 is 0 Å². The van der Waals surface area contributed by atoms with Crippen molar-refractivity contribution in [3.8, 4) is 5.75 Å². The van der Waals surface area contributed by atoms with Gasteiger partial charge in [-0.3, -0.25) is 14.4 Å². The number of fused-ring (bicyclic) bond motifs is 1. The highest BCUT2D eigenvalue weighted by atomic mass is 16.5. The topological polar surface area (TPSA) is 117 Å². The number of carbonyl (C=O) groups is 3. The van der Waals surface area contributed by atoms with E-state index in [1.165, 1.54) is 6.42 Å². The summed E-state index contributed by atoms with van der Waals surface area (Å²) in [6.45, 7) is 6.97. The van der Waals surface area contributed by atoms with Crippen LogP contribution in [0.2, 0.25) is 0 Å². The van der Waals surface area contributed by atoms with E-state index >= 15 is 0 Å². The van der Waals surface area contributed by atoms with Crippen LogP contribution in [0.4, 0.5) is 5.69 Å². The molecule has 220 valence electrons. The Hall–Kier alpha value is -2.65. The Morgan fingerprint density at radius 2 is 1.82 bits per heavy atom. The molecular weight excluding hydrogens is 510 g/mol. The average molecular weight is 556 g/mol. The quantitative estimate of drug-likeness (QED) is 0.359. The predicted molar refractivity (Wildman–Crippen MR) is 151 cm³/mol. The van der Waals surface area contributed by atoms with Crippen LogP contribution in [0.1, 0.15) is 78.6 Å². The van der Waals surface area contributed by atoms with Crippen molar-refractivity contribution in [2.45, 2.75) is 102 Å². The molecule has 3 N–H and O–H groups in total. The minimum absolute atomic E-state index is 0.00745. The van der Waals surface area contributed by atoms with Gasteiger partial charge in [0.1, 0.15) is 17.4 Å². The summed E-state index contributed by atoms with van der Waals surface area (Å²) in [6.07, 6.45) is 7.89. The molecule has 5 rings (SSSR count). The number of rotatable bonds is 11. The molecule has 4 aliphatic rings. The number of ether oxygens (including phenoxy) is 2. The van der Waals surface area contributed by atoms with Crippen molar-refractivity contribution in [3.05, 3.63) is 24.3 Å². The molecule has 3 aliphatic heterocycles. The number of amides is 3. The molecule has 9 heteroatoms. The van der Waals surface area contributed by atoms with Gasteiger partial charge in [0.2, 0.25) is 17.7 Å². The van der Waals surface area contributed by atoms with Crippen LogP contribution < -0.4 is 15.4 Å². The van der Waals surface area contributed by atoms with Crippen molar-refractivity contribution in [2.24, 2.45) is 17.8 Å². The van der Waals surface area contributed by atoms with Gasteiger partial charge in [-0.2, -0.15) is 0 Å². The Kier molecular flexibility index (Phi) is 8.43. The molecular formula is C31H45N3O6. The van der Waals surface area contributed by atoms with Crippen molar-refractivity contribution in [2.75, 3.05) is 25.1 Å². The standard InChI is InChI=1S/C31H45N3O6/c1-4-39-23-15-13-22(14-16-23)32-27(36)24-25-29(38)34(17-9-6-10-18-35)26(28(37)33-21-11-7-5-8-12-21)31(25)19-20(2)30(24,3)40-31/h13-16,20-21,24-26,35H,4-12,17-19H2,1-3H3,(H,32,36)(H,33,37)/t20?,24-,25-,26?,30+,31?/m0/s1. The molecule has 3 heterocycles. The molecule has 2 bridgehead atoms. The van der Waals surface area contributed by atoms with Gasteiger partial charge in [-0.05, 0) is 82.6 Å². The number of hydrogen-bond acceptors (Lipinski definition) is 6. The van der Waals surface area contributed by atoms with Crippen molar-refractivity contribution in [1.82, 2.24) is 10.2 Å². The minimum atomic E-state index is -1.04. The summed E-state index contributed by atoms with van der Waals surface area (Å²) in [6, 6.07) is 6.54. The van der Waals surface area contributed by atoms with E-state index in [2.05, 4.69) is 17.6 Å². The lowest BCUT2D eigenvalue weighted by Crippen LogP contribution is -2.57. The lowest BCUT2D eigenvalue weighted by atomic mass is 9.62. The summed E-state index contributed by atoms with van der Waals surface area (Å²) in [7, 11) is 0. The molecule has 1 aliphatic carbocycles. The third kappa shape index (κ3) is 5.00. The molecule has 1 aromatic rings. The van der Waals surface area contributed by atoms with Crippen LogP contribution in [0.25, 0.3) is 0 Å². The number of aliphatic hydroxyl groups excluding tert-OH is 1. The van der Waals surface area contributed by atoms with Gasteiger partial charge in [0, 0.05) is 24.9 Å². The highest BCUT2D eigenvalue weighted by Crippen LogP contribution is 2.65. The van der Waals surface area contributed by atoms with E-state index < -0.39 is 29.1 Å². The Labute approximate surface area is 237 Å². The second-order valence-corrected chi connectivity index (χ2v) is 12.3. The van der Waals surface area contributed by atoms with Crippen molar-refractivity contribution >= 4 is 23.4 Å². The first-order valence-electron chi connectivity index (χ1n) is 15.2. The Morgan fingerprint density at radius 3 is 2.50 bits per heavy atom. The van der Waals surface area contributed by atoms with Crippen LogP contribution in [0.15, 0.2) is 24.3 Å². The maximum atomic E-state index is 14.2. The van der Waals surface area contributed by atoms with Gasteiger partial charge in [0.05, 0.1) is 24.0 Å². The number of hydrogen-bond donors (Lipinski definition) is 3. The Bertz CT molecular complexity index is 1090. The fourth-order valence-corrected chi connectivity index (χ4v) is 7.80. The van der Waals surface area contributed by atoms with Crippen molar-refractivity contribution in [1.29, 1.82) is 0 Å². The highest BCUT2D eigenvalue weighted by molar-refractivity contribution is 6.02. The predicted octanol–water partition coefficient (Wildman–Crippen LogP) is 3.65. The minimum Gasteiger partial charge on any atom is -0.494 e. The zero-order valence-electron chi connectivity index (χ0n) is 24.1. The van der Waals surface area contributed by atoms with Gasteiger partial charge < -0.3 is 30.1 Å². The molecule has 3 saturated heterocycles. The number of aliphatic hydroxyl groups is 1. The molecule has 4 fully saturated rings. The normalized spacial score (nSPS) is 33.2. The number of nitrogens with one attached hydrogen (secondary N) is 2. The number of nitrogens with zero attached hydrogens (tertiary/aromatic N) is 1. The molecule has 9 nitrogen and oxygen atoms in total. The lowest BCUT2D eigenvalue weighted by molar-refractivity contribution is -0.146. The van der Waals surface area contributed by atoms with Crippen LogP contribution >= 0.6 is 0 Å². The van der Waals surface area contributed by atoms with E-state index in [0.717, 1.165) is 37.9 Å². The monoisotopic (exact) mass is 555 g/mol. The van der Waals surface area contributed by atoms with E-state index in [9.17, 15) is 19.5 Å². The zero-order chi connectivity index (χ0) is 28.5. The number of anilines is 1. The number of benzene rings is 1. The summed E-state index contributed by atoms with van der Waals surface area (Å²) in [5.41, 5.74) is -1.27. The molecule has 6 atom stereocenters. The molecule has 1 saturated carbocycles. The van der Waals surface area contributed by atoms with Crippen LogP contribution in [0, 0.1) is 17.8 Å². The Balaban J connectivity index is 1.43. The van der Waals surface area contributed by atoms with Gasteiger partial charge in [-0.15, -0.1) is 0 Å². The summed E-state index contributed by atoms with van der Waals surface area (Å²) >= 11 is 0. The molecule has 3 amide bonds. The molecule has 1 spiro atoms. The first kappa shape index (κ1) is 28.9. The smallest absolute Gasteiger partial charge is 0.246 e. The number of carbonyl (C=O) groups excluding carboxylic acids is 3. The van der Waals surface area contributed by atoms with E-state index in [-0.39, 0.29) is 36.3 Å². The first-order valence-corrected chi connectivity index (χ1v) is 15.2. The zero-order valence-corrected chi connectivity index (χ0v) is 24.1. The summed E-state index contributed by atoms with van der Waals surface area (Å²) < 4.78 is 12.3. The average Bonchev–Trinajstić information content (AvgIpc) is 3.45.